The Balaban J connectivity index is 2.42. The Morgan fingerprint density at radius 2 is 2.13 bits per heavy atom. The van der Waals surface area contributed by atoms with E-state index in [1.54, 1.807) is 18.4 Å². The maximum atomic E-state index is 5.17. The van der Waals surface area contributed by atoms with Crippen LogP contribution in [-0.4, -0.2) is 12.1 Å². The van der Waals surface area contributed by atoms with Gasteiger partial charge in [-0.15, -0.1) is 11.3 Å². The highest BCUT2D eigenvalue weighted by Crippen LogP contribution is 2.31. The van der Waals surface area contributed by atoms with Crippen LogP contribution in [0.1, 0.15) is 0 Å². The monoisotopic (exact) mass is 347 g/mol. The lowest BCUT2D eigenvalue weighted by Gasteiger charge is -2.04. The van der Waals surface area contributed by atoms with Gasteiger partial charge in [0.15, 0.2) is 3.92 Å². The standard InChI is InChI=1S/C10H7Br2NOS/c1-14-9-3-2-6(4-7(9)11)8-5-15-10(12)13-8/h2-5H,1H3. The van der Waals surface area contributed by atoms with Crippen molar-refractivity contribution in [3.63, 3.8) is 0 Å². The van der Waals surface area contributed by atoms with Gasteiger partial charge in [-0.2, -0.15) is 0 Å². The van der Waals surface area contributed by atoms with Crippen LogP contribution in [0.15, 0.2) is 32.0 Å². The van der Waals surface area contributed by atoms with Gasteiger partial charge >= 0.3 is 0 Å². The van der Waals surface area contributed by atoms with Crippen LogP contribution < -0.4 is 4.74 Å². The van der Waals surface area contributed by atoms with E-state index in [-0.39, 0.29) is 0 Å². The molecule has 0 atom stereocenters. The van der Waals surface area contributed by atoms with Crippen molar-refractivity contribution in [3.8, 4) is 17.0 Å². The Labute approximate surface area is 109 Å². The first-order valence-corrected chi connectivity index (χ1v) is 6.62. The molecular weight excluding hydrogens is 342 g/mol. The fourth-order valence-corrected chi connectivity index (χ4v) is 2.77. The van der Waals surface area contributed by atoms with Crippen molar-refractivity contribution in [1.29, 1.82) is 0 Å². The van der Waals surface area contributed by atoms with Crippen LogP contribution in [0.2, 0.25) is 0 Å². The summed E-state index contributed by atoms with van der Waals surface area (Å²) in [5, 5.41) is 2.01. The van der Waals surface area contributed by atoms with Crippen LogP contribution in [0, 0.1) is 0 Å². The Kier molecular flexibility index (Phi) is 3.43. The topological polar surface area (TPSA) is 22.1 Å². The number of ether oxygens (including phenoxy) is 1. The third-order valence-electron chi connectivity index (χ3n) is 1.92. The molecule has 78 valence electrons. The maximum Gasteiger partial charge on any atom is 0.159 e. The minimum absolute atomic E-state index is 0.827. The molecule has 0 aliphatic heterocycles. The zero-order valence-electron chi connectivity index (χ0n) is 7.83. The number of rotatable bonds is 2. The van der Waals surface area contributed by atoms with Gasteiger partial charge in [-0.25, -0.2) is 4.98 Å². The van der Waals surface area contributed by atoms with Gasteiger partial charge in [-0.3, -0.25) is 0 Å². The Bertz CT molecular complexity index is 484. The summed E-state index contributed by atoms with van der Waals surface area (Å²) in [6.07, 6.45) is 0. The molecule has 0 N–H and O–H groups in total. The summed E-state index contributed by atoms with van der Waals surface area (Å²) >= 11 is 8.37. The smallest absolute Gasteiger partial charge is 0.159 e. The minimum atomic E-state index is 0.827. The second-order valence-electron chi connectivity index (χ2n) is 2.84. The summed E-state index contributed by atoms with van der Waals surface area (Å²) in [5.74, 6) is 0.827. The van der Waals surface area contributed by atoms with Crippen LogP contribution in [-0.2, 0) is 0 Å². The molecule has 0 saturated carbocycles. The van der Waals surface area contributed by atoms with Gasteiger partial charge in [0.05, 0.1) is 17.3 Å². The number of hydrogen-bond acceptors (Lipinski definition) is 3. The van der Waals surface area contributed by atoms with Gasteiger partial charge in [0.2, 0.25) is 0 Å². The number of benzene rings is 1. The third kappa shape index (κ3) is 2.41. The number of halogens is 2. The molecule has 0 bridgehead atoms. The first-order chi connectivity index (χ1) is 7.20. The van der Waals surface area contributed by atoms with E-state index in [0.717, 1.165) is 25.4 Å². The summed E-state index contributed by atoms with van der Waals surface area (Å²) < 4.78 is 7.00. The normalized spacial score (nSPS) is 10.3. The molecule has 0 saturated heterocycles. The average Bonchev–Trinajstić information content (AvgIpc) is 2.65. The predicted molar refractivity (Wildman–Crippen MR) is 69.5 cm³/mol. The summed E-state index contributed by atoms with van der Waals surface area (Å²) in [7, 11) is 1.65. The number of methoxy groups -OCH3 is 1. The van der Waals surface area contributed by atoms with Crippen molar-refractivity contribution in [1.82, 2.24) is 4.98 Å². The lowest BCUT2D eigenvalue weighted by atomic mass is 10.2. The molecule has 0 aliphatic carbocycles. The molecule has 2 aromatic rings. The van der Waals surface area contributed by atoms with Crippen molar-refractivity contribution in [3.05, 3.63) is 32.0 Å². The van der Waals surface area contributed by atoms with E-state index in [2.05, 4.69) is 36.8 Å². The van der Waals surface area contributed by atoms with Gasteiger partial charge in [-0.05, 0) is 50.1 Å². The van der Waals surface area contributed by atoms with Crippen LogP contribution in [0.5, 0.6) is 5.75 Å². The summed E-state index contributed by atoms with van der Waals surface area (Å²) in [5.41, 5.74) is 2.04. The van der Waals surface area contributed by atoms with E-state index in [9.17, 15) is 0 Å². The first-order valence-electron chi connectivity index (χ1n) is 4.15. The fourth-order valence-electron chi connectivity index (χ4n) is 1.21. The molecule has 1 aromatic heterocycles. The van der Waals surface area contributed by atoms with E-state index in [0.29, 0.717) is 0 Å². The molecule has 2 nitrogen and oxygen atoms in total. The van der Waals surface area contributed by atoms with Crippen molar-refractivity contribution in [2.45, 2.75) is 0 Å². The van der Waals surface area contributed by atoms with Gasteiger partial charge < -0.3 is 4.74 Å². The van der Waals surface area contributed by atoms with Crippen LogP contribution in [0.25, 0.3) is 11.3 Å². The SMILES string of the molecule is COc1ccc(-c2csc(Br)n2)cc1Br. The maximum absolute atomic E-state index is 5.17. The molecular formula is C10H7Br2NOS. The zero-order valence-corrected chi connectivity index (χ0v) is 11.8. The number of thiazole rings is 1. The lowest BCUT2D eigenvalue weighted by molar-refractivity contribution is 0.412. The minimum Gasteiger partial charge on any atom is -0.496 e. The summed E-state index contributed by atoms with van der Waals surface area (Å²) in [4.78, 5) is 4.35. The van der Waals surface area contributed by atoms with Crippen molar-refractivity contribution in [2.75, 3.05) is 7.11 Å². The van der Waals surface area contributed by atoms with E-state index in [4.69, 9.17) is 4.74 Å². The molecule has 0 fully saturated rings. The second-order valence-corrected chi connectivity index (χ2v) is 5.82. The molecule has 15 heavy (non-hydrogen) atoms. The quantitative estimate of drug-likeness (QED) is 0.805. The molecule has 2 rings (SSSR count). The molecule has 1 aromatic carbocycles. The molecule has 5 heteroatoms. The third-order valence-corrected chi connectivity index (χ3v) is 3.91. The predicted octanol–water partition coefficient (Wildman–Crippen LogP) is 4.34. The molecule has 0 aliphatic rings. The molecule has 0 amide bonds. The first kappa shape index (κ1) is 11.1. The van der Waals surface area contributed by atoms with E-state index in [1.807, 2.05) is 23.6 Å². The van der Waals surface area contributed by atoms with Crippen molar-refractivity contribution >= 4 is 43.2 Å². The summed E-state index contributed by atoms with van der Waals surface area (Å²) in [6.45, 7) is 0. The highest BCUT2D eigenvalue weighted by molar-refractivity contribution is 9.11. The average molecular weight is 349 g/mol. The van der Waals surface area contributed by atoms with Gasteiger partial charge in [-0.1, -0.05) is 0 Å². The van der Waals surface area contributed by atoms with Gasteiger partial charge in [0.1, 0.15) is 5.75 Å². The van der Waals surface area contributed by atoms with Crippen molar-refractivity contribution < 1.29 is 4.74 Å². The largest absolute Gasteiger partial charge is 0.496 e. The number of aromatic nitrogens is 1. The summed E-state index contributed by atoms with van der Waals surface area (Å²) in [6, 6.07) is 5.91. The van der Waals surface area contributed by atoms with E-state index in [1.165, 1.54) is 0 Å². The van der Waals surface area contributed by atoms with Crippen LogP contribution >= 0.6 is 43.2 Å². The molecule has 0 radical (unpaired) electrons. The highest BCUT2D eigenvalue weighted by Gasteiger charge is 2.06. The fraction of sp³-hybridized carbons (Fsp3) is 0.100. The zero-order chi connectivity index (χ0) is 10.8. The molecule has 1 heterocycles. The van der Waals surface area contributed by atoms with Gasteiger partial charge in [0.25, 0.3) is 0 Å². The van der Waals surface area contributed by atoms with Crippen molar-refractivity contribution in [2.24, 2.45) is 0 Å². The Morgan fingerprint density at radius 3 is 2.67 bits per heavy atom. The molecule has 0 unspecified atom stereocenters. The van der Waals surface area contributed by atoms with E-state index >= 15 is 0 Å². The van der Waals surface area contributed by atoms with Crippen LogP contribution in [0.3, 0.4) is 0 Å². The van der Waals surface area contributed by atoms with Gasteiger partial charge in [0, 0.05) is 10.9 Å². The van der Waals surface area contributed by atoms with E-state index < -0.39 is 0 Å². The highest BCUT2D eigenvalue weighted by atomic mass is 79.9. The Hall–Kier alpha value is -0.390. The molecule has 0 spiro atoms. The second kappa shape index (κ2) is 4.63. The number of hydrogen-bond donors (Lipinski definition) is 0. The lowest BCUT2D eigenvalue weighted by Crippen LogP contribution is -1.85. The number of nitrogens with zero attached hydrogens (tertiary/aromatic N) is 1. The Morgan fingerprint density at radius 1 is 1.33 bits per heavy atom. The van der Waals surface area contributed by atoms with Crippen LogP contribution in [0.4, 0.5) is 0 Å².